The van der Waals surface area contributed by atoms with E-state index in [2.05, 4.69) is 5.10 Å². The van der Waals surface area contributed by atoms with Crippen molar-refractivity contribution in [3.05, 3.63) is 12.4 Å². The van der Waals surface area contributed by atoms with Crippen LogP contribution in [0.3, 0.4) is 0 Å². The van der Waals surface area contributed by atoms with Crippen molar-refractivity contribution in [2.75, 3.05) is 12.9 Å². The van der Waals surface area contributed by atoms with Gasteiger partial charge < -0.3 is 0 Å². The van der Waals surface area contributed by atoms with Crippen molar-refractivity contribution in [3.8, 4) is 0 Å². The zero-order valence-electron chi connectivity index (χ0n) is 11.1. The Morgan fingerprint density at radius 3 is 2.74 bits per heavy atom. The van der Waals surface area contributed by atoms with Gasteiger partial charge in [0.2, 0.25) is 10.0 Å². The molecule has 0 spiro atoms. The molecule has 108 valence electrons. The van der Waals surface area contributed by atoms with Crippen LogP contribution in [0, 0.1) is 0 Å². The van der Waals surface area contributed by atoms with Crippen molar-refractivity contribution in [3.63, 3.8) is 0 Å². The predicted molar refractivity (Wildman–Crippen MR) is 74.8 cm³/mol. The highest BCUT2D eigenvalue weighted by molar-refractivity contribution is 7.89. The van der Waals surface area contributed by atoms with Gasteiger partial charge in [0.25, 0.3) is 0 Å². The first-order valence-corrected chi connectivity index (χ1v) is 8.59. The number of aryl methyl sites for hydroxylation is 1. The Kier molecular flexibility index (Phi) is 4.86. The number of sulfonamides is 1. The average molecular weight is 306 g/mol. The Balaban J connectivity index is 2.15. The molecule has 7 heteroatoms. The molecule has 19 heavy (non-hydrogen) atoms. The third-order valence-corrected chi connectivity index (χ3v) is 5.72. The highest BCUT2D eigenvalue weighted by Crippen LogP contribution is 2.26. The van der Waals surface area contributed by atoms with Crippen LogP contribution in [0.5, 0.6) is 0 Å². The number of halogens is 1. The molecule has 1 heterocycles. The van der Waals surface area contributed by atoms with Crippen LogP contribution in [0.15, 0.2) is 17.3 Å². The smallest absolute Gasteiger partial charge is 0.246 e. The van der Waals surface area contributed by atoms with Crippen molar-refractivity contribution in [1.82, 2.24) is 14.1 Å². The molecule has 0 bridgehead atoms. The predicted octanol–water partition coefficient (Wildman–Crippen LogP) is 2.08. The van der Waals surface area contributed by atoms with Gasteiger partial charge in [-0.15, -0.1) is 11.6 Å². The fraction of sp³-hybridized carbons (Fsp3) is 0.750. The number of nitrogens with zero attached hydrogens (tertiary/aromatic N) is 3. The van der Waals surface area contributed by atoms with Crippen molar-refractivity contribution in [2.24, 2.45) is 0 Å². The molecule has 0 aromatic carbocycles. The van der Waals surface area contributed by atoms with Crippen LogP contribution >= 0.6 is 11.6 Å². The summed E-state index contributed by atoms with van der Waals surface area (Å²) in [5.41, 5.74) is 0. The Labute approximate surface area is 119 Å². The number of hydrogen-bond acceptors (Lipinski definition) is 3. The first kappa shape index (κ1) is 14.8. The van der Waals surface area contributed by atoms with Crippen LogP contribution in [0.2, 0.25) is 0 Å². The molecule has 1 saturated carbocycles. The number of alkyl halides is 1. The van der Waals surface area contributed by atoms with E-state index >= 15 is 0 Å². The summed E-state index contributed by atoms with van der Waals surface area (Å²) in [6, 6.07) is 0.120. The van der Waals surface area contributed by atoms with Crippen LogP contribution in [0.25, 0.3) is 0 Å². The fourth-order valence-electron chi connectivity index (χ4n) is 2.49. The quantitative estimate of drug-likeness (QED) is 0.783. The Hall–Kier alpha value is -0.590. The topological polar surface area (TPSA) is 55.2 Å². The molecular weight excluding hydrogens is 286 g/mol. The average Bonchev–Trinajstić information content (AvgIpc) is 2.89. The minimum absolute atomic E-state index is 0.120. The maximum absolute atomic E-state index is 12.5. The SMILES string of the molecule is CN(C1CCCCC1)S(=O)(=O)c1cnn(CCCl)c1. The van der Waals surface area contributed by atoms with Gasteiger partial charge in [-0.3, -0.25) is 4.68 Å². The second-order valence-corrected chi connectivity index (χ2v) is 7.32. The lowest BCUT2D eigenvalue weighted by Crippen LogP contribution is -2.38. The van der Waals surface area contributed by atoms with Crippen LogP contribution in [0.4, 0.5) is 0 Å². The van der Waals surface area contributed by atoms with Crippen LogP contribution in [0.1, 0.15) is 32.1 Å². The van der Waals surface area contributed by atoms with Crippen molar-refractivity contribution in [2.45, 2.75) is 49.6 Å². The first-order valence-electron chi connectivity index (χ1n) is 6.62. The van der Waals surface area contributed by atoms with Crippen molar-refractivity contribution < 1.29 is 8.42 Å². The molecule has 0 N–H and O–H groups in total. The number of hydrogen-bond donors (Lipinski definition) is 0. The molecule has 1 aromatic rings. The van der Waals surface area contributed by atoms with Gasteiger partial charge >= 0.3 is 0 Å². The van der Waals surface area contributed by atoms with Gasteiger partial charge in [-0.1, -0.05) is 19.3 Å². The summed E-state index contributed by atoms with van der Waals surface area (Å²) < 4.78 is 28.0. The maximum atomic E-state index is 12.5. The summed E-state index contributed by atoms with van der Waals surface area (Å²) in [5, 5.41) is 4.03. The molecule has 2 rings (SSSR count). The van der Waals surface area contributed by atoms with E-state index in [0.717, 1.165) is 25.7 Å². The van der Waals surface area contributed by atoms with Gasteiger partial charge in [0.15, 0.2) is 0 Å². The molecule has 0 aliphatic heterocycles. The lowest BCUT2D eigenvalue weighted by atomic mass is 9.96. The van der Waals surface area contributed by atoms with Gasteiger partial charge in [-0.25, -0.2) is 8.42 Å². The van der Waals surface area contributed by atoms with Crippen molar-refractivity contribution in [1.29, 1.82) is 0 Å². The second-order valence-electron chi connectivity index (χ2n) is 4.94. The molecule has 0 amide bonds. The van der Waals surface area contributed by atoms with E-state index in [1.54, 1.807) is 17.9 Å². The van der Waals surface area contributed by atoms with Crippen LogP contribution in [-0.4, -0.2) is 41.5 Å². The third kappa shape index (κ3) is 3.30. The summed E-state index contributed by atoms with van der Waals surface area (Å²) in [7, 11) is -1.76. The van der Waals surface area contributed by atoms with Crippen LogP contribution < -0.4 is 0 Å². The highest BCUT2D eigenvalue weighted by atomic mass is 35.5. The van der Waals surface area contributed by atoms with Gasteiger partial charge in [-0.05, 0) is 12.8 Å². The molecule has 1 aliphatic rings. The Morgan fingerprint density at radius 2 is 2.11 bits per heavy atom. The largest absolute Gasteiger partial charge is 0.270 e. The normalized spacial score (nSPS) is 18.1. The molecule has 1 fully saturated rings. The van der Waals surface area contributed by atoms with E-state index in [0.29, 0.717) is 12.4 Å². The monoisotopic (exact) mass is 305 g/mol. The van der Waals surface area contributed by atoms with E-state index < -0.39 is 10.0 Å². The Morgan fingerprint density at radius 1 is 1.42 bits per heavy atom. The standard InChI is InChI=1S/C12H20ClN3O2S/c1-15(11-5-3-2-4-6-11)19(17,18)12-9-14-16(10-12)8-7-13/h9-11H,2-8H2,1H3. The van der Waals surface area contributed by atoms with Gasteiger partial charge in [-0.2, -0.15) is 9.40 Å². The van der Waals surface area contributed by atoms with Crippen molar-refractivity contribution >= 4 is 21.6 Å². The Bertz CT molecular complexity index is 509. The lowest BCUT2D eigenvalue weighted by Gasteiger charge is -2.29. The second kappa shape index (κ2) is 6.24. The molecule has 0 radical (unpaired) electrons. The summed E-state index contributed by atoms with van der Waals surface area (Å²) in [6.07, 6.45) is 8.28. The number of aromatic nitrogens is 2. The molecule has 1 aromatic heterocycles. The van der Waals surface area contributed by atoms with Gasteiger partial charge in [0, 0.05) is 25.2 Å². The van der Waals surface area contributed by atoms with E-state index in [9.17, 15) is 8.42 Å². The summed E-state index contributed by atoms with van der Waals surface area (Å²) in [6.45, 7) is 0.518. The molecule has 0 unspecified atom stereocenters. The molecule has 1 aliphatic carbocycles. The minimum atomic E-state index is -3.43. The van der Waals surface area contributed by atoms with E-state index in [1.807, 2.05) is 0 Å². The summed E-state index contributed by atoms with van der Waals surface area (Å²) >= 11 is 5.62. The minimum Gasteiger partial charge on any atom is -0.270 e. The van der Waals surface area contributed by atoms with Gasteiger partial charge in [0.05, 0.1) is 12.7 Å². The molecule has 5 nitrogen and oxygen atoms in total. The van der Waals surface area contributed by atoms with E-state index in [1.165, 1.54) is 16.9 Å². The van der Waals surface area contributed by atoms with Crippen LogP contribution in [-0.2, 0) is 16.6 Å². The molecule has 0 atom stereocenters. The zero-order chi connectivity index (χ0) is 13.9. The summed E-state index contributed by atoms with van der Waals surface area (Å²) in [5.74, 6) is 0.416. The molecular formula is C12H20ClN3O2S. The van der Waals surface area contributed by atoms with Gasteiger partial charge in [0.1, 0.15) is 4.90 Å². The third-order valence-electron chi connectivity index (χ3n) is 3.69. The maximum Gasteiger partial charge on any atom is 0.246 e. The summed E-state index contributed by atoms with van der Waals surface area (Å²) in [4.78, 5) is 0.255. The molecule has 0 saturated heterocycles. The van der Waals surface area contributed by atoms with E-state index in [-0.39, 0.29) is 10.9 Å². The highest BCUT2D eigenvalue weighted by Gasteiger charge is 2.29. The fourth-order valence-corrected chi connectivity index (χ4v) is 4.04. The van der Waals surface area contributed by atoms with E-state index in [4.69, 9.17) is 11.6 Å². The lowest BCUT2D eigenvalue weighted by molar-refractivity contribution is 0.286. The zero-order valence-corrected chi connectivity index (χ0v) is 12.7. The number of rotatable bonds is 5. The first-order chi connectivity index (χ1) is 9.05.